The molecule has 0 aliphatic carbocycles. The van der Waals surface area contributed by atoms with Crippen molar-refractivity contribution in [1.29, 1.82) is 0 Å². The molecule has 0 spiro atoms. The number of carboxylic acid groups (broad SMARTS) is 1. The van der Waals surface area contributed by atoms with E-state index < -0.39 is 17.6 Å². The van der Waals surface area contributed by atoms with Crippen LogP contribution in [0.25, 0.3) is 0 Å². The average Bonchev–Trinajstić information content (AvgIpc) is 2.52. The number of rotatable bonds is 7. The summed E-state index contributed by atoms with van der Waals surface area (Å²) in [6.45, 7) is 2.10. The van der Waals surface area contributed by atoms with Crippen molar-refractivity contribution in [2.75, 3.05) is 6.61 Å². The normalized spacial score (nSPS) is 11.9. The Morgan fingerprint density at radius 3 is 2.59 bits per heavy atom. The molecule has 0 fully saturated rings. The van der Waals surface area contributed by atoms with Crippen LogP contribution in [-0.4, -0.2) is 22.2 Å². The van der Waals surface area contributed by atoms with E-state index in [0.29, 0.717) is 19.4 Å². The molecule has 1 unspecified atom stereocenters. The van der Waals surface area contributed by atoms with Gasteiger partial charge in [-0.15, -0.1) is 0 Å². The minimum atomic E-state index is -1.02. The topological polar surface area (TPSA) is 68.5 Å². The molecule has 0 aliphatic rings. The number of ether oxygens (including phenoxy) is 1. The third kappa shape index (κ3) is 3.75. The van der Waals surface area contributed by atoms with Crippen LogP contribution in [0.5, 0.6) is 5.75 Å². The van der Waals surface area contributed by atoms with Gasteiger partial charge < -0.3 is 9.84 Å². The number of nitrogens with zero attached hydrogens (tertiary/aromatic N) is 1. The smallest absolute Gasteiger partial charge is 0.326 e. The third-order valence-corrected chi connectivity index (χ3v) is 3.44. The Kier molecular flexibility index (Phi) is 5.36. The molecule has 2 rings (SSSR count). The summed E-state index contributed by atoms with van der Waals surface area (Å²) < 4.78 is 6.74. The maximum atomic E-state index is 12.3. The number of aromatic nitrogens is 1. The molecule has 0 radical (unpaired) electrons. The highest BCUT2D eigenvalue weighted by molar-refractivity contribution is 5.71. The monoisotopic (exact) mass is 301 g/mol. The molecular formula is C17H19NO4. The zero-order valence-corrected chi connectivity index (χ0v) is 12.4. The first-order chi connectivity index (χ1) is 10.6. The minimum Gasteiger partial charge on any atom is -0.488 e. The Morgan fingerprint density at radius 1 is 1.23 bits per heavy atom. The van der Waals surface area contributed by atoms with Gasteiger partial charge in [0, 0.05) is 12.6 Å². The fourth-order valence-electron chi connectivity index (χ4n) is 2.26. The van der Waals surface area contributed by atoms with Crippen molar-refractivity contribution < 1.29 is 14.6 Å². The number of benzene rings is 1. The highest BCUT2D eigenvalue weighted by atomic mass is 16.5. The molecule has 0 aliphatic heterocycles. The first kappa shape index (κ1) is 15.8. The number of carboxylic acids is 1. The summed E-state index contributed by atoms with van der Waals surface area (Å²) in [5, 5.41) is 9.17. The second kappa shape index (κ2) is 7.45. The lowest BCUT2D eigenvalue weighted by Gasteiger charge is -2.15. The molecular weight excluding hydrogens is 282 g/mol. The van der Waals surface area contributed by atoms with Gasteiger partial charge in [-0.05, 0) is 24.1 Å². The van der Waals surface area contributed by atoms with E-state index in [0.717, 1.165) is 5.56 Å². The lowest BCUT2D eigenvalue weighted by Crippen LogP contribution is -2.29. The van der Waals surface area contributed by atoms with Crippen LogP contribution in [0.1, 0.15) is 24.9 Å². The number of hydrogen-bond donors (Lipinski definition) is 1. The van der Waals surface area contributed by atoms with E-state index in [9.17, 15) is 9.59 Å². The van der Waals surface area contributed by atoms with Crippen LogP contribution in [0.4, 0.5) is 0 Å². The molecule has 2 aromatic rings. The molecule has 5 heteroatoms. The summed E-state index contributed by atoms with van der Waals surface area (Å²) in [6, 6.07) is 12.1. The molecule has 116 valence electrons. The van der Waals surface area contributed by atoms with Crippen LogP contribution >= 0.6 is 0 Å². The fraction of sp³-hybridized carbons (Fsp3) is 0.294. The second-order valence-electron chi connectivity index (χ2n) is 4.93. The van der Waals surface area contributed by atoms with Crippen LogP contribution < -0.4 is 10.3 Å². The summed E-state index contributed by atoms with van der Waals surface area (Å²) in [5.41, 5.74) is 0.709. The molecule has 1 heterocycles. The van der Waals surface area contributed by atoms with E-state index in [-0.39, 0.29) is 5.75 Å². The largest absolute Gasteiger partial charge is 0.488 e. The summed E-state index contributed by atoms with van der Waals surface area (Å²) in [4.78, 5) is 23.5. The Labute approximate surface area is 128 Å². The van der Waals surface area contributed by atoms with Crippen molar-refractivity contribution in [1.82, 2.24) is 4.57 Å². The first-order valence-corrected chi connectivity index (χ1v) is 7.24. The zero-order chi connectivity index (χ0) is 15.9. The van der Waals surface area contributed by atoms with Gasteiger partial charge in [-0.25, -0.2) is 4.79 Å². The lowest BCUT2D eigenvalue weighted by molar-refractivity contribution is -0.141. The molecule has 1 atom stereocenters. The average molecular weight is 301 g/mol. The highest BCUT2D eigenvalue weighted by Gasteiger charge is 2.19. The van der Waals surface area contributed by atoms with Crippen LogP contribution in [0.2, 0.25) is 0 Å². The maximum Gasteiger partial charge on any atom is 0.326 e. The van der Waals surface area contributed by atoms with E-state index in [1.165, 1.54) is 10.8 Å². The Hall–Kier alpha value is -2.56. The van der Waals surface area contributed by atoms with Crippen molar-refractivity contribution in [3.8, 4) is 5.75 Å². The number of carbonyl (C=O) groups is 1. The second-order valence-corrected chi connectivity index (χ2v) is 4.93. The summed E-state index contributed by atoms with van der Waals surface area (Å²) in [6.07, 6.45) is 2.50. The standard InChI is InChI=1S/C17H19NO4/c1-2-14(17(20)21)18-11-6-9-15(16(18)19)22-12-10-13-7-4-3-5-8-13/h3-9,11,14H,2,10,12H2,1H3,(H,20,21). The van der Waals surface area contributed by atoms with Gasteiger partial charge in [0.1, 0.15) is 6.04 Å². The number of aliphatic carboxylic acids is 1. The Morgan fingerprint density at radius 2 is 1.95 bits per heavy atom. The van der Waals surface area contributed by atoms with Crippen molar-refractivity contribution in [2.24, 2.45) is 0 Å². The molecule has 1 aromatic heterocycles. The minimum absolute atomic E-state index is 0.179. The van der Waals surface area contributed by atoms with Gasteiger partial charge in [-0.3, -0.25) is 9.36 Å². The van der Waals surface area contributed by atoms with Crippen molar-refractivity contribution in [3.63, 3.8) is 0 Å². The SMILES string of the molecule is CCC(C(=O)O)n1cccc(OCCc2ccccc2)c1=O. The predicted octanol–water partition coefficient (Wildman–Crippen LogP) is 2.51. The van der Waals surface area contributed by atoms with Crippen LogP contribution in [-0.2, 0) is 11.2 Å². The van der Waals surface area contributed by atoms with E-state index in [2.05, 4.69) is 0 Å². The van der Waals surface area contributed by atoms with E-state index in [4.69, 9.17) is 9.84 Å². The molecule has 1 aromatic carbocycles. The zero-order valence-electron chi connectivity index (χ0n) is 12.4. The van der Waals surface area contributed by atoms with Crippen molar-refractivity contribution in [2.45, 2.75) is 25.8 Å². The summed E-state index contributed by atoms with van der Waals surface area (Å²) in [5.74, 6) is -0.843. The molecule has 0 bridgehead atoms. The van der Waals surface area contributed by atoms with E-state index in [1.54, 1.807) is 19.1 Å². The number of hydrogen-bond acceptors (Lipinski definition) is 3. The molecule has 0 amide bonds. The van der Waals surface area contributed by atoms with E-state index in [1.807, 2.05) is 30.3 Å². The van der Waals surface area contributed by atoms with Crippen LogP contribution in [0, 0.1) is 0 Å². The fourth-order valence-corrected chi connectivity index (χ4v) is 2.26. The number of pyridine rings is 1. The first-order valence-electron chi connectivity index (χ1n) is 7.24. The van der Waals surface area contributed by atoms with Crippen LogP contribution in [0.3, 0.4) is 0 Å². The highest BCUT2D eigenvalue weighted by Crippen LogP contribution is 2.12. The lowest BCUT2D eigenvalue weighted by atomic mass is 10.2. The van der Waals surface area contributed by atoms with Gasteiger partial charge in [0.25, 0.3) is 5.56 Å². The van der Waals surface area contributed by atoms with Gasteiger partial charge in [-0.1, -0.05) is 37.3 Å². The molecule has 1 N–H and O–H groups in total. The maximum absolute atomic E-state index is 12.3. The Balaban J connectivity index is 2.09. The van der Waals surface area contributed by atoms with Gasteiger partial charge in [0.15, 0.2) is 5.75 Å². The van der Waals surface area contributed by atoms with Crippen molar-refractivity contribution in [3.05, 3.63) is 64.6 Å². The molecule has 5 nitrogen and oxygen atoms in total. The quantitative estimate of drug-likeness (QED) is 0.853. The third-order valence-electron chi connectivity index (χ3n) is 3.44. The van der Waals surface area contributed by atoms with Gasteiger partial charge in [0.05, 0.1) is 6.61 Å². The molecule has 0 saturated carbocycles. The summed E-state index contributed by atoms with van der Waals surface area (Å²) in [7, 11) is 0. The Bertz CT molecular complexity index is 679. The predicted molar refractivity (Wildman–Crippen MR) is 83.3 cm³/mol. The van der Waals surface area contributed by atoms with Crippen LogP contribution in [0.15, 0.2) is 53.5 Å². The van der Waals surface area contributed by atoms with Gasteiger partial charge in [0.2, 0.25) is 0 Å². The molecule has 0 saturated heterocycles. The molecule has 22 heavy (non-hydrogen) atoms. The summed E-state index contributed by atoms with van der Waals surface area (Å²) >= 11 is 0. The van der Waals surface area contributed by atoms with Gasteiger partial charge in [-0.2, -0.15) is 0 Å². The van der Waals surface area contributed by atoms with E-state index >= 15 is 0 Å². The van der Waals surface area contributed by atoms with Gasteiger partial charge >= 0.3 is 5.97 Å². The van der Waals surface area contributed by atoms with Crippen molar-refractivity contribution >= 4 is 5.97 Å².